The van der Waals surface area contributed by atoms with E-state index in [-0.39, 0.29) is 16.8 Å². The SMILES string of the molecule is C/C=C(\C)Cn1c(C)c(C(=O)C(N)=O)c2c(OCC(=O)NC(CC(=O)O)C(=O)O)nccc21. The van der Waals surface area contributed by atoms with E-state index in [0.717, 1.165) is 5.57 Å². The summed E-state index contributed by atoms with van der Waals surface area (Å²) in [5.41, 5.74) is 7.14. The molecule has 0 saturated heterocycles. The Morgan fingerprint density at radius 2 is 1.94 bits per heavy atom. The summed E-state index contributed by atoms with van der Waals surface area (Å²) in [5, 5.41) is 20.1. The number of fused-ring (bicyclic) bond motifs is 1. The van der Waals surface area contributed by atoms with E-state index in [9.17, 15) is 24.0 Å². The molecular weight excluding hydrogens is 436 g/mol. The van der Waals surface area contributed by atoms with Gasteiger partial charge in [-0.2, -0.15) is 0 Å². The van der Waals surface area contributed by atoms with Crippen LogP contribution in [0.4, 0.5) is 0 Å². The number of hydrogen-bond donors (Lipinski definition) is 4. The predicted molar refractivity (Wildman–Crippen MR) is 115 cm³/mol. The van der Waals surface area contributed by atoms with E-state index in [0.29, 0.717) is 17.8 Å². The maximum Gasteiger partial charge on any atom is 0.326 e. The van der Waals surface area contributed by atoms with Gasteiger partial charge in [-0.05, 0) is 26.8 Å². The van der Waals surface area contributed by atoms with E-state index in [1.807, 2.05) is 25.2 Å². The number of carbonyl (C=O) groups excluding carboxylic acids is 3. The maximum absolute atomic E-state index is 12.6. The van der Waals surface area contributed by atoms with E-state index in [1.165, 1.54) is 6.20 Å². The van der Waals surface area contributed by atoms with Crippen LogP contribution in [-0.2, 0) is 25.7 Å². The molecule has 2 heterocycles. The predicted octanol–water partition coefficient (Wildman–Crippen LogP) is 0.402. The average Bonchev–Trinajstić information content (AvgIpc) is 3.02. The van der Waals surface area contributed by atoms with Crippen molar-refractivity contribution in [1.29, 1.82) is 0 Å². The number of carboxylic acids is 2. The highest BCUT2D eigenvalue weighted by atomic mass is 16.5. The third-order valence-corrected chi connectivity index (χ3v) is 4.90. The monoisotopic (exact) mass is 460 g/mol. The normalized spacial score (nSPS) is 12.3. The molecule has 0 saturated carbocycles. The number of pyridine rings is 1. The smallest absolute Gasteiger partial charge is 0.326 e. The lowest BCUT2D eigenvalue weighted by Crippen LogP contribution is -2.44. The number of nitrogens with two attached hydrogens (primary N) is 1. The van der Waals surface area contributed by atoms with Gasteiger partial charge < -0.3 is 30.6 Å². The molecule has 0 aliphatic rings. The van der Waals surface area contributed by atoms with Gasteiger partial charge in [0.05, 0.1) is 22.9 Å². The van der Waals surface area contributed by atoms with Crippen molar-refractivity contribution >= 4 is 40.4 Å². The van der Waals surface area contributed by atoms with E-state index in [2.05, 4.69) is 4.98 Å². The number of amides is 2. The molecule has 0 fully saturated rings. The molecule has 1 unspecified atom stereocenters. The molecule has 12 heteroatoms. The number of nitrogens with zero attached hydrogens (tertiary/aromatic N) is 2. The van der Waals surface area contributed by atoms with Gasteiger partial charge in [0.2, 0.25) is 5.88 Å². The number of Topliss-reactive ketones (excluding diaryl/α,β-unsaturated/α-hetero) is 1. The summed E-state index contributed by atoms with van der Waals surface area (Å²) < 4.78 is 7.22. The number of ether oxygens (including phenoxy) is 1. The lowest BCUT2D eigenvalue weighted by Gasteiger charge is -2.13. The van der Waals surface area contributed by atoms with E-state index < -0.39 is 48.6 Å². The van der Waals surface area contributed by atoms with Gasteiger partial charge in [0, 0.05) is 18.4 Å². The highest BCUT2D eigenvalue weighted by molar-refractivity contribution is 6.45. The van der Waals surface area contributed by atoms with Crippen molar-refractivity contribution in [2.24, 2.45) is 5.73 Å². The van der Waals surface area contributed by atoms with Gasteiger partial charge in [-0.25, -0.2) is 9.78 Å². The third-order valence-electron chi connectivity index (χ3n) is 4.90. The first-order valence-electron chi connectivity index (χ1n) is 9.78. The molecule has 2 aromatic rings. The standard InChI is InChI=1S/C21H24N4O8/c1-4-10(2)8-25-11(3)16(18(29)19(22)30)17-13(25)5-6-23-20(17)33-9-14(26)24-12(21(31)32)7-15(27)28/h4-6,12H,7-9H2,1-3H3,(H2,22,30)(H,24,26)(H,27,28)(H,31,32)/b10-4+. The second-order valence-electron chi connectivity index (χ2n) is 7.23. The first-order chi connectivity index (χ1) is 15.5. The van der Waals surface area contributed by atoms with Crippen LogP contribution in [0.15, 0.2) is 23.9 Å². The number of aliphatic carboxylic acids is 2. The number of carbonyl (C=O) groups is 5. The van der Waals surface area contributed by atoms with Crippen LogP contribution in [0.5, 0.6) is 5.88 Å². The minimum atomic E-state index is -1.65. The van der Waals surface area contributed by atoms with Gasteiger partial charge in [-0.1, -0.05) is 11.6 Å². The fraction of sp³-hybridized carbons (Fsp3) is 0.333. The number of primary amides is 1. The number of hydrogen-bond acceptors (Lipinski definition) is 7. The molecule has 176 valence electrons. The molecule has 2 amide bonds. The Morgan fingerprint density at radius 3 is 2.48 bits per heavy atom. The Balaban J connectivity index is 2.44. The molecule has 0 spiro atoms. The van der Waals surface area contributed by atoms with Crippen molar-refractivity contribution in [3.8, 4) is 5.88 Å². The summed E-state index contributed by atoms with van der Waals surface area (Å²) in [6, 6.07) is -0.0370. The van der Waals surface area contributed by atoms with Crippen molar-refractivity contribution in [3.63, 3.8) is 0 Å². The van der Waals surface area contributed by atoms with Crippen molar-refractivity contribution in [3.05, 3.63) is 35.2 Å². The van der Waals surface area contributed by atoms with Crippen molar-refractivity contribution in [1.82, 2.24) is 14.9 Å². The Kier molecular flexibility index (Phi) is 7.89. The van der Waals surface area contributed by atoms with E-state index in [1.54, 1.807) is 17.6 Å². The maximum atomic E-state index is 12.6. The third kappa shape index (κ3) is 5.73. The Labute approximate surface area is 188 Å². The summed E-state index contributed by atoms with van der Waals surface area (Å²) in [6.45, 7) is 5.08. The zero-order valence-corrected chi connectivity index (χ0v) is 18.2. The number of rotatable bonds is 11. The minimum Gasteiger partial charge on any atom is -0.481 e. The van der Waals surface area contributed by atoms with Crippen LogP contribution in [0.3, 0.4) is 0 Å². The molecule has 2 aromatic heterocycles. The summed E-state index contributed by atoms with van der Waals surface area (Å²) in [4.78, 5) is 62.4. The molecule has 0 bridgehead atoms. The van der Waals surface area contributed by atoms with Crippen molar-refractivity contribution < 1.29 is 38.9 Å². The van der Waals surface area contributed by atoms with E-state index in [4.69, 9.17) is 20.7 Å². The first kappa shape index (κ1) is 25.0. The van der Waals surface area contributed by atoms with Crippen LogP contribution in [0.25, 0.3) is 10.9 Å². The van der Waals surface area contributed by atoms with Gasteiger partial charge in [-0.3, -0.25) is 19.2 Å². The quantitative estimate of drug-likeness (QED) is 0.209. The summed E-state index contributed by atoms with van der Waals surface area (Å²) in [7, 11) is 0. The number of aromatic nitrogens is 2. The van der Waals surface area contributed by atoms with E-state index >= 15 is 0 Å². The van der Waals surface area contributed by atoms with Crippen LogP contribution in [-0.4, -0.2) is 61.9 Å². The topological polar surface area (TPSA) is 191 Å². The Hall–Kier alpha value is -4.22. The van der Waals surface area contributed by atoms with Gasteiger partial charge in [0.15, 0.2) is 6.61 Å². The Bertz CT molecular complexity index is 1160. The minimum absolute atomic E-state index is 0.0146. The fourth-order valence-corrected chi connectivity index (χ4v) is 3.19. The summed E-state index contributed by atoms with van der Waals surface area (Å²) >= 11 is 0. The van der Waals surface area contributed by atoms with Gasteiger partial charge in [0.25, 0.3) is 17.6 Å². The fourth-order valence-electron chi connectivity index (χ4n) is 3.19. The van der Waals surface area contributed by atoms with Crippen molar-refractivity contribution in [2.75, 3.05) is 6.61 Å². The Morgan fingerprint density at radius 1 is 1.27 bits per heavy atom. The summed E-state index contributed by atoms with van der Waals surface area (Å²) in [6.07, 6.45) is 2.46. The molecule has 0 aromatic carbocycles. The molecule has 5 N–H and O–H groups in total. The van der Waals surface area contributed by atoms with Crippen LogP contribution in [0.1, 0.15) is 36.3 Å². The molecule has 33 heavy (non-hydrogen) atoms. The zero-order valence-electron chi connectivity index (χ0n) is 18.2. The number of ketones is 1. The second kappa shape index (κ2) is 10.4. The first-order valence-corrected chi connectivity index (χ1v) is 9.78. The number of nitrogens with one attached hydrogen (secondary N) is 1. The average molecular weight is 460 g/mol. The molecular formula is C21H24N4O8. The molecule has 2 rings (SSSR count). The summed E-state index contributed by atoms with van der Waals surface area (Å²) in [5.74, 6) is -6.11. The van der Waals surface area contributed by atoms with Gasteiger partial charge in [0.1, 0.15) is 6.04 Å². The highest BCUT2D eigenvalue weighted by Gasteiger charge is 2.28. The molecule has 12 nitrogen and oxygen atoms in total. The van der Waals surface area contributed by atoms with Crippen LogP contribution in [0.2, 0.25) is 0 Å². The molecule has 0 aliphatic heterocycles. The second-order valence-corrected chi connectivity index (χ2v) is 7.23. The van der Waals surface area contributed by atoms with Gasteiger partial charge in [-0.15, -0.1) is 0 Å². The lowest BCUT2D eigenvalue weighted by atomic mass is 10.1. The van der Waals surface area contributed by atoms with Crippen LogP contribution < -0.4 is 15.8 Å². The largest absolute Gasteiger partial charge is 0.481 e. The van der Waals surface area contributed by atoms with Crippen LogP contribution in [0, 0.1) is 6.92 Å². The van der Waals surface area contributed by atoms with Crippen molar-refractivity contribution in [2.45, 2.75) is 39.8 Å². The molecule has 0 aliphatic carbocycles. The molecule has 1 atom stereocenters. The highest BCUT2D eigenvalue weighted by Crippen LogP contribution is 2.33. The number of carboxylic acid groups (broad SMARTS) is 2. The zero-order chi connectivity index (χ0) is 24.9. The molecule has 0 radical (unpaired) electrons. The lowest BCUT2D eigenvalue weighted by molar-refractivity contribution is -0.147. The van der Waals surface area contributed by atoms with Gasteiger partial charge >= 0.3 is 11.9 Å². The van der Waals surface area contributed by atoms with Crippen LogP contribution >= 0.6 is 0 Å². The number of allylic oxidation sites excluding steroid dienone is 2.